The van der Waals surface area contributed by atoms with Crippen molar-refractivity contribution >= 4 is 0 Å². The minimum Gasteiger partial charge on any atom is -0.405 e. The van der Waals surface area contributed by atoms with Gasteiger partial charge in [-0.3, -0.25) is 4.90 Å². The Kier molecular flexibility index (Phi) is 4.49. The number of benzene rings is 1. The molecule has 1 aromatic carbocycles. The van der Waals surface area contributed by atoms with Gasteiger partial charge in [0.15, 0.2) is 0 Å². The maximum absolute atomic E-state index is 12.5. The van der Waals surface area contributed by atoms with Crippen LogP contribution in [0.15, 0.2) is 24.3 Å². The van der Waals surface area contributed by atoms with E-state index in [1.165, 1.54) is 12.1 Å². The molecular formula is C15H21F3N2O. The van der Waals surface area contributed by atoms with E-state index in [9.17, 15) is 13.2 Å². The van der Waals surface area contributed by atoms with Crippen LogP contribution in [0, 0.1) is 5.41 Å². The van der Waals surface area contributed by atoms with Crippen molar-refractivity contribution in [2.45, 2.75) is 32.7 Å². The fraction of sp³-hybridized carbons (Fsp3) is 0.600. The summed E-state index contributed by atoms with van der Waals surface area (Å²) < 4.78 is 41.7. The summed E-state index contributed by atoms with van der Waals surface area (Å²) in [5.74, 6) is -0.162. The van der Waals surface area contributed by atoms with Crippen molar-refractivity contribution in [3.63, 3.8) is 0 Å². The number of nitrogens with zero attached hydrogens (tertiary/aromatic N) is 1. The molecule has 0 spiro atoms. The molecule has 6 heteroatoms. The largest absolute Gasteiger partial charge is 0.573 e. The summed E-state index contributed by atoms with van der Waals surface area (Å²) >= 11 is 0. The van der Waals surface area contributed by atoms with Crippen LogP contribution in [0.1, 0.15) is 31.9 Å². The topological polar surface area (TPSA) is 38.5 Å². The first-order valence-electron chi connectivity index (χ1n) is 7.01. The number of nitrogens with two attached hydrogens (primary N) is 1. The lowest BCUT2D eigenvalue weighted by Crippen LogP contribution is -2.34. The van der Waals surface area contributed by atoms with E-state index >= 15 is 0 Å². The Morgan fingerprint density at radius 1 is 1.33 bits per heavy atom. The molecule has 0 aromatic heterocycles. The molecule has 118 valence electrons. The van der Waals surface area contributed by atoms with E-state index in [2.05, 4.69) is 23.5 Å². The van der Waals surface area contributed by atoms with Crippen molar-refractivity contribution in [3.05, 3.63) is 29.8 Å². The van der Waals surface area contributed by atoms with Gasteiger partial charge in [-0.1, -0.05) is 32.0 Å². The van der Waals surface area contributed by atoms with E-state index in [-0.39, 0.29) is 23.8 Å². The smallest absolute Gasteiger partial charge is 0.405 e. The summed E-state index contributed by atoms with van der Waals surface area (Å²) in [7, 11) is 0. The van der Waals surface area contributed by atoms with Crippen LogP contribution in [-0.4, -0.2) is 30.9 Å². The van der Waals surface area contributed by atoms with Crippen LogP contribution in [0.2, 0.25) is 0 Å². The first-order valence-corrected chi connectivity index (χ1v) is 7.01. The van der Waals surface area contributed by atoms with Crippen LogP contribution >= 0.6 is 0 Å². The Morgan fingerprint density at radius 3 is 2.52 bits per heavy atom. The van der Waals surface area contributed by atoms with E-state index in [0.29, 0.717) is 5.56 Å². The predicted octanol–water partition coefficient (Wildman–Crippen LogP) is 3.32. The van der Waals surface area contributed by atoms with Crippen molar-refractivity contribution < 1.29 is 17.9 Å². The lowest BCUT2D eigenvalue weighted by atomic mass is 9.93. The molecule has 1 aliphatic rings. The second-order valence-corrected chi connectivity index (χ2v) is 6.22. The Bertz CT molecular complexity index is 488. The van der Waals surface area contributed by atoms with Crippen LogP contribution in [0.4, 0.5) is 13.2 Å². The first kappa shape index (κ1) is 16.1. The first-order chi connectivity index (χ1) is 9.72. The molecule has 1 aliphatic heterocycles. The summed E-state index contributed by atoms with van der Waals surface area (Å²) in [5, 5.41) is 0. The summed E-state index contributed by atoms with van der Waals surface area (Å²) in [4.78, 5) is 2.14. The van der Waals surface area contributed by atoms with E-state index in [4.69, 9.17) is 5.73 Å². The number of hydrogen-bond acceptors (Lipinski definition) is 3. The lowest BCUT2D eigenvalue weighted by Gasteiger charge is -2.29. The number of ether oxygens (including phenoxy) is 1. The Balaban J connectivity index is 2.26. The van der Waals surface area contributed by atoms with Crippen molar-refractivity contribution in [1.29, 1.82) is 0 Å². The molecule has 3 nitrogen and oxygen atoms in total. The van der Waals surface area contributed by atoms with Crippen molar-refractivity contribution in [2.24, 2.45) is 11.1 Å². The van der Waals surface area contributed by atoms with Crippen molar-refractivity contribution in [1.82, 2.24) is 4.90 Å². The zero-order chi connectivity index (χ0) is 15.7. The molecule has 0 aliphatic carbocycles. The maximum atomic E-state index is 12.5. The van der Waals surface area contributed by atoms with Gasteiger partial charge in [0.2, 0.25) is 0 Å². The Hall–Kier alpha value is -1.27. The van der Waals surface area contributed by atoms with Crippen molar-refractivity contribution in [3.8, 4) is 5.75 Å². The fourth-order valence-corrected chi connectivity index (χ4v) is 2.87. The molecule has 0 amide bonds. The highest BCUT2D eigenvalue weighted by molar-refractivity contribution is 5.36. The van der Waals surface area contributed by atoms with Gasteiger partial charge >= 0.3 is 6.36 Å². The normalized spacial score (nSPS) is 20.5. The third kappa shape index (κ3) is 4.11. The van der Waals surface area contributed by atoms with E-state index in [1.54, 1.807) is 12.1 Å². The number of alkyl halides is 3. The van der Waals surface area contributed by atoms with Gasteiger partial charge in [-0.05, 0) is 24.4 Å². The van der Waals surface area contributed by atoms with E-state index in [1.807, 2.05) is 0 Å². The number of hydrogen-bond donors (Lipinski definition) is 1. The van der Waals surface area contributed by atoms with Gasteiger partial charge in [0.05, 0.1) is 6.04 Å². The molecule has 1 heterocycles. The Labute approximate surface area is 122 Å². The summed E-state index contributed by atoms with van der Waals surface area (Å²) in [6.45, 7) is 6.20. The molecule has 1 fully saturated rings. The van der Waals surface area contributed by atoms with Crippen LogP contribution in [0.5, 0.6) is 5.75 Å². The highest BCUT2D eigenvalue weighted by Crippen LogP contribution is 2.38. The molecule has 21 heavy (non-hydrogen) atoms. The minimum absolute atomic E-state index is 0.160. The molecule has 1 saturated heterocycles. The van der Waals surface area contributed by atoms with Gasteiger partial charge in [0.25, 0.3) is 0 Å². The van der Waals surface area contributed by atoms with Gasteiger partial charge < -0.3 is 10.5 Å². The molecule has 1 atom stereocenters. The average Bonchev–Trinajstić information content (AvgIpc) is 2.71. The third-order valence-electron chi connectivity index (χ3n) is 3.87. The second-order valence-electron chi connectivity index (χ2n) is 6.22. The zero-order valence-corrected chi connectivity index (χ0v) is 12.3. The highest BCUT2D eigenvalue weighted by atomic mass is 19.4. The molecule has 2 rings (SSSR count). The lowest BCUT2D eigenvalue weighted by molar-refractivity contribution is -0.275. The fourth-order valence-electron chi connectivity index (χ4n) is 2.87. The summed E-state index contributed by atoms with van der Waals surface area (Å²) in [6.07, 6.45) is -3.69. The molecule has 1 unspecified atom stereocenters. The SMILES string of the molecule is CC1(C)CCN(C(CN)c2ccccc2OC(F)(F)F)C1. The monoisotopic (exact) mass is 302 g/mol. The molecule has 0 saturated carbocycles. The molecular weight excluding hydrogens is 281 g/mol. The zero-order valence-electron chi connectivity index (χ0n) is 12.3. The van der Waals surface area contributed by atoms with Gasteiger partial charge in [-0.25, -0.2) is 0 Å². The van der Waals surface area contributed by atoms with Gasteiger partial charge in [0.1, 0.15) is 5.75 Å². The van der Waals surface area contributed by atoms with Crippen LogP contribution in [0.25, 0.3) is 0 Å². The second kappa shape index (κ2) is 5.85. The quantitative estimate of drug-likeness (QED) is 0.927. The van der Waals surface area contributed by atoms with Gasteiger partial charge in [0, 0.05) is 18.7 Å². The predicted molar refractivity (Wildman–Crippen MR) is 74.9 cm³/mol. The van der Waals surface area contributed by atoms with Gasteiger partial charge in [-0.2, -0.15) is 0 Å². The van der Waals surface area contributed by atoms with Crippen LogP contribution in [-0.2, 0) is 0 Å². The number of rotatable bonds is 4. The van der Waals surface area contributed by atoms with Crippen LogP contribution < -0.4 is 10.5 Å². The number of halogens is 3. The standard InChI is InChI=1S/C15H21F3N2O/c1-14(2)7-8-20(10-14)12(9-19)11-5-3-4-6-13(11)21-15(16,17)18/h3-6,12H,7-10,19H2,1-2H3. The summed E-state index contributed by atoms with van der Waals surface area (Å²) in [5.41, 5.74) is 6.48. The molecule has 0 bridgehead atoms. The van der Waals surface area contributed by atoms with E-state index < -0.39 is 6.36 Å². The number of para-hydroxylation sites is 1. The van der Waals surface area contributed by atoms with E-state index in [0.717, 1.165) is 19.5 Å². The molecule has 1 aromatic rings. The van der Waals surface area contributed by atoms with Gasteiger partial charge in [-0.15, -0.1) is 13.2 Å². The molecule has 0 radical (unpaired) electrons. The minimum atomic E-state index is -4.69. The molecule has 2 N–H and O–H groups in total. The Morgan fingerprint density at radius 2 is 2.00 bits per heavy atom. The number of likely N-dealkylation sites (tertiary alicyclic amines) is 1. The maximum Gasteiger partial charge on any atom is 0.573 e. The van der Waals surface area contributed by atoms with Crippen molar-refractivity contribution in [2.75, 3.05) is 19.6 Å². The third-order valence-corrected chi connectivity index (χ3v) is 3.87. The average molecular weight is 302 g/mol. The summed E-state index contributed by atoms with van der Waals surface area (Å²) in [6, 6.07) is 5.98. The van der Waals surface area contributed by atoms with Crippen LogP contribution in [0.3, 0.4) is 0 Å². The highest BCUT2D eigenvalue weighted by Gasteiger charge is 2.36.